The molecule has 1 unspecified atom stereocenters. The van der Waals surface area contributed by atoms with Gasteiger partial charge in [0, 0.05) is 23.0 Å². The zero-order chi connectivity index (χ0) is 16.8. The fourth-order valence-electron chi connectivity index (χ4n) is 2.68. The van der Waals surface area contributed by atoms with Crippen molar-refractivity contribution in [2.24, 2.45) is 0 Å². The van der Waals surface area contributed by atoms with Crippen molar-refractivity contribution in [1.82, 2.24) is 5.32 Å². The van der Waals surface area contributed by atoms with Gasteiger partial charge in [-0.1, -0.05) is 47.3 Å². The lowest BCUT2D eigenvalue weighted by Gasteiger charge is -2.25. The number of Topliss-reactive ketones (excluding diaryl/α,β-unsaturated/α-hetero) is 1. The third-order valence-corrected chi connectivity index (χ3v) is 4.37. The van der Waals surface area contributed by atoms with Gasteiger partial charge in [0.2, 0.25) is 11.9 Å². The first-order valence-electron chi connectivity index (χ1n) is 7.75. The average Bonchev–Trinajstić information content (AvgIpc) is 2.53. The summed E-state index contributed by atoms with van der Waals surface area (Å²) in [5.41, 5.74) is 0.332. The minimum atomic E-state index is -1.43. The number of nitrogens with one attached hydrogen (secondary N) is 1. The predicted molar refractivity (Wildman–Crippen MR) is 89.0 cm³/mol. The van der Waals surface area contributed by atoms with E-state index in [2.05, 4.69) is 21.2 Å². The Balaban J connectivity index is 2.11. The minimum Gasteiger partial charge on any atom is -0.444 e. The molecular formula is C17H20BrNO4. The monoisotopic (exact) mass is 381 g/mol. The highest BCUT2D eigenvalue weighted by Crippen LogP contribution is 2.18. The summed E-state index contributed by atoms with van der Waals surface area (Å²) in [6.07, 6.45) is 3.64. The minimum absolute atomic E-state index is 0.0482. The lowest BCUT2D eigenvalue weighted by atomic mass is 9.95. The fourth-order valence-corrected chi connectivity index (χ4v) is 2.95. The normalized spacial score (nSPS) is 16.4. The number of hydrogen-bond acceptors (Lipinski definition) is 4. The van der Waals surface area contributed by atoms with E-state index >= 15 is 0 Å². The van der Waals surface area contributed by atoms with E-state index in [9.17, 15) is 14.4 Å². The fraction of sp³-hybridized carbons (Fsp3) is 0.471. The summed E-state index contributed by atoms with van der Waals surface area (Å²) >= 11 is 3.29. The summed E-state index contributed by atoms with van der Waals surface area (Å²) in [6, 6.07) is 6.65. The molecule has 6 heteroatoms. The van der Waals surface area contributed by atoms with Gasteiger partial charge in [0.1, 0.15) is 0 Å². The Morgan fingerprint density at radius 1 is 1.13 bits per heavy atom. The third-order valence-electron chi connectivity index (χ3n) is 3.84. The molecule has 1 N–H and O–H groups in total. The Morgan fingerprint density at radius 3 is 2.30 bits per heavy atom. The van der Waals surface area contributed by atoms with Crippen LogP contribution in [0.1, 0.15) is 49.4 Å². The van der Waals surface area contributed by atoms with Gasteiger partial charge in [-0.05, 0) is 25.0 Å². The number of hydrogen-bond donors (Lipinski definition) is 1. The molecule has 2 rings (SSSR count). The number of carbonyl (C=O) groups is 3. The van der Waals surface area contributed by atoms with Gasteiger partial charge in [0.25, 0.3) is 5.91 Å². The molecule has 1 atom stereocenters. The summed E-state index contributed by atoms with van der Waals surface area (Å²) in [7, 11) is 0. The van der Waals surface area contributed by atoms with Crippen molar-refractivity contribution < 1.29 is 19.1 Å². The molecule has 1 fully saturated rings. The molecule has 0 aliphatic heterocycles. The zero-order valence-corrected chi connectivity index (χ0v) is 14.6. The molecule has 0 aromatic heterocycles. The molecule has 1 saturated carbocycles. The van der Waals surface area contributed by atoms with Crippen LogP contribution in [-0.4, -0.2) is 29.8 Å². The average molecular weight is 382 g/mol. The van der Waals surface area contributed by atoms with E-state index in [1.54, 1.807) is 24.3 Å². The van der Waals surface area contributed by atoms with Gasteiger partial charge in [-0.25, -0.2) is 0 Å². The molecule has 0 saturated heterocycles. The summed E-state index contributed by atoms with van der Waals surface area (Å²) < 4.78 is 5.81. The topological polar surface area (TPSA) is 72.5 Å². The maximum atomic E-state index is 12.5. The Kier molecular flexibility index (Phi) is 6.33. The van der Waals surface area contributed by atoms with E-state index in [4.69, 9.17) is 4.74 Å². The molecule has 1 aliphatic rings. The predicted octanol–water partition coefficient (Wildman–Crippen LogP) is 3.01. The third kappa shape index (κ3) is 5.16. The Morgan fingerprint density at radius 2 is 1.74 bits per heavy atom. The Hall–Kier alpha value is -1.69. The van der Waals surface area contributed by atoms with Crippen LogP contribution in [0.25, 0.3) is 0 Å². The van der Waals surface area contributed by atoms with Crippen LogP contribution in [0.4, 0.5) is 0 Å². The van der Waals surface area contributed by atoms with E-state index in [-0.39, 0.29) is 6.04 Å². The van der Waals surface area contributed by atoms with Crippen molar-refractivity contribution in [3.8, 4) is 0 Å². The maximum Gasteiger partial charge on any atom is 0.303 e. The molecule has 1 amide bonds. The molecule has 1 aromatic rings. The number of halogens is 1. The number of esters is 1. The number of rotatable bonds is 5. The first-order chi connectivity index (χ1) is 11.0. The zero-order valence-electron chi connectivity index (χ0n) is 13.0. The van der Waals surface area contributed by atoms with Crippen LogP contribution in [-0.2, 0) is 14.3 Å². The Labute approximate surface area is 143 Å². The number of carbonyl (C=O) groups excluding carboxylic acids is 3. The van der Waals surface area contributed by atoms with Crippen molar-refractivity contribution in [2.75, 3.05) is 0 Å². The number of benzene rings is 1. The molecular weight excluding hydrogens is 362 g/mol. The van der Waals surface area contributed by atoms with E-state index in [1.165, 1.54) is 6.92 Å². The quantitative estimate of drug-likeness (QED) is 0.483. The van der Waals surface area contributed by atoms with Crippen molar-refractivity contribution in [2.45, 2.75) is 51.2 Å². The molecule has 23 heavy (non-hydrogen) atoms. The van der Waals surface area contributed by atoms with Crippen LogP contribution in [0.15, 0.2) is 28.7 Å². The van der Waals surface area contributed by atoms with Crippen molar-refractivity contribution in [3.05, 3.63) is 34.3 Å². The molecule has 1 aliphatic carbocycles. The number of amides is 1. The van der Waals surface area contributed by atoms with Crippen molar-refractivity contribution >= 4 is 33.6 Å². The van der Waals surface area contributed by atoms with E-state index in [0.717, 1.165) is 36.6 Å². The molecule has 1 aromatic carbocycles. The van der Waals surface area contributed by atoms with Gasteiger partial charge in [0.15, 0.2) is 0 Å². The molecule has 0 radical (unpaired) electrons. The van der Waals surface area contributed by atoms with Gasteiger partial charge < -0.3 is 10.1 Å². The Bertz CT molecular complexity index is 579. The second-order valence-electron chi connectivity index (χ2n) is 5.70. The first kappa shape index (κ1) is 17.7. The van der Waals surface area contributed by atoms with Gasteiger partial charge >= 0.3 is 5.97 Å². The SMILES string of the molecule is CC(=O)OC(C(=O)NC1CCCCC1)C(=O)c1ccc(Br)cc1. The van der Waals surface area contributed by atoms with Crippen molar-refractivity contribution in [1.29, 1.82) is 0 Å². The summed E-state index contributed by atoms with van der Waals surface area (Å²) in [4.78, 5) is 36.2. The van der Waals surface area contributed by atoms with Crippen LogP contribution >= 0.6 is 15.9 Å². The van der Waals surface area contributed by atoms with E-state index < -0.39 is 23.8 Å². The van der Waals surface area contributed by atoms with Crippen LogP contribution < -0.4 is 5.32 Å². The van der Waals surface area contributed by atoms with Crippen LogP contribution in [0.5, 0.6) is 0 Å². The van der Waals surface area contributed by atoms with Crippen molar-refractivity contribution in [3.63, 3.8) is 0 Å². The molecule has 5 nitrogen and oxygen atoms in total. The molecule has 0 bridgehead atoms. The van der Waals surface area contributed by atoms with Gasteiger partial charge in [-0.2, -0.15) is 0 Å². The van der Waals surface area contributed by atoms with Gasteiger partial charge in [-0.15, -0.1) is 0 Å². The first-order valence-corrected chi connectivity index (χ1v) is 8.54. The lowest BCUT2D eigenvalue weighted by molar-refractivity contribution is -0.151. The lowest BCUT2D eigenvalue weighted by Crippen LogP contribution is -2.47. The smallest absolute Gasteiger partial charge is 0.303 e. The second-order valence-corrected chi connectivity index (χ2v) is 6.62. The van der Waals surface area contributed by atoms with E-state index in [0.29, 0.717) is 5.56 Å². The van der Waals surface area contributed by atoms with Crippen LogP contribution in [0.2, 0.25) is 0 Å². The maximum absolute atomic E-state index is 12.5. The van der Waals surface area contributed by atoms with Crippen LogP contribution in [0.3, 0.4) is 0 Å². The molecule has 0 spiro atoms. The summed E-state index contributed by atoms with van der Waals surface area (Å²) in [5.74, 6) is -1.71. The van der Waals surface area contributed by atoms with E-state index in [1.807, 2.05) is 0 Å². The number of ketones is 1. The highest BCUT2D eigenvalue weighted by atomic mass is 79.9. The van der Waals surface area contributed by atoms with Gasteiger partial charge in [-0.3, -0.25) is 14.4 Å². The largest absolute Gasteiger partial charge is 0.444 e. The highest BCUT2D eigenvalue weighted by Gasteiger charge is 2.32. The molecule has 0 heterocycles. The summed E-state index contributed by atoms with van der Waals surface area (Å²) in [6.45, 7) is 1.19. The van der Waals surface area contributed by atoms with Crippen LogP contribution in [0, 0.1) is 0 Å². The highest BCUT2D eigenvalue weighted by molar-refractivity contribution is 9.10. The second kappa shape index (κ2) is 8.24. The molecule has 124 valence electrons. The van der Waals surface area contributed by atoms with Gasteiger partial charge in [0.05, 0.1) is 0 Å². The number of ether oxygens (including phenoxy) is 1. The standard InChI is InChI=1S/C17H20BrNO4/c1-11(20)23-16(15(21)12-7-9-13(18)10-8-12)17(22)19-14-5-3-2-4-6-14/h7-10,14,16H,2-6H2,1H3,(H,19,22). The summed E-state index contributed by atoms with van der Waals surface area (Å²) in [5, 5.41) is 2.84.